The first-order valence-corrected chi connectivity index (χ1v) is 35.7. The summed E-state index contributed by atoms with van der Waals surface area (Å²) in [4.78, 5) is 0. The normalized spacial score (nSPS) is 14.7. The van der Waals surface area contributed by atoms with E-state index in [-0.39, 0.29) is 24.8 Å². The van der Waals surface area contributed by atoms with E-state index in [1.165, 1.54) is 125 Å². The molecular formula is C62H74Cl2Hf2. The molecule has 0 aliphatic heterocycles. The molecule has 0 heterocycles. The summed E-state index contributed by atoms with van der Waals surface area (Å²) in [6, 6.07) is 45.3. The average molecular weight is 1250 g/mol. The Balaban J connectivity index is 0.000000240. The summed E-state index contributed by atoms with van der Waals surface area (Å²) in [5, 5.41) is 0. The van der Waals surface area contributed by atoms with Gasteiger partial charge in [-0.1, -0.05) is 0 Å². The molecule has 0 amide bonds. The predicted molar refractivity (Wildman–Crippen MR) is 288 cm³/mol. The fraction of sp³-hybridized carbons (Fsp3) is 0.323. The van der Waals surface area contributed by atoms with Crippen molar-refractivity contribution in [3.8, 4) is 0 Å². The van der Waals surface area contributed by atoms with Crippen LogP contribution in [0.15, 0.2) is 206 Å². The van der Waals surface area contributed by atoms with Crippen LogP contribution in [0.25, 0.3) is 0 Å². The Morgan fingerprint density at radius 3 is 0.742 bits per heavy atom. The van der Waals surface area contributed by atoms with Gasteiger partial charge in [-0.3, -0.25) is 0 Å². The van der Waals surface area contributed by atoms with E-state index >= 15 is 0 Å². The summed E-state index contributed by atoms with van der Waals surface area (Å²) >= 11 is -5.15. The molecule has 4 heteroatoms. The van der Waals surface area contributed by atoms with Crippen LogP contribution >= 0.6 is 24.8 Å². The fourth-order valence-corrected chi connectivity index (χ4v) is 35.7. The zero-order valence-electron chi connectivity index (χ0n) is 40.3. The summed E-state index contributed by atoms with van der Waals surface area (Å²) in [7, 11) is 0. The quantitative estimate of drug-likeness (QED) is 0.0774. The van der Waals surface area contributed by atoms with Crippen molar-refractivity contribution in [1.29, 1.82) is 0 Å². The van der Waals surface area contributed by atoms with E-state index in [9.17, 15) is 0 Å². The van der Waals surface area contributed by atoms with Gasteiger partial charge in [0.25, 0.3) is 0 Å². The Labute approximate surface area is 427 Å². The Morgan fingerprint density at radius 2 is 0.545 bits per heavy atom. The Hall–Kier alpha value is -3.14. The smallest absolute Gasteiger partial charge is 0.147 e. The van der Waals surface area contributed by atoms with Crippen molar-refractivity contribution in [2.45, 2.75) is 130 Å². The van der Waals surface area contributed by atoms with Gasteiger partial charge >= 0.3 is 407 Å². The second-order valence-corrected chi connectivity index (χ2v) is 35.5. The molecule has 4 aromatic carbocycles. The zero-order chi connectivity index (χ0) is 44.4. The van der Waals surface area contributed by atoms with Crippen LogP contribution in [0.1, 0.15) is 153 Å². The van der Waals surface area contributed by atoms with Crippen molar-refractivity contribution in [2.24, 2.45) is 0 Å². The molecule has 0 saturated heterocycles. The third-order valence-corrected chi connectivity index (χ3v) is 37.2. The Bertz CT molecular complexity index is 2140. The molecule has 0 fully saturated rings. The van der Waals surface area contributed by atoms with Crippen LogP contribution in [-0.2, 0) is 41.9 Å². The van der Waals surface area contributed by atoms with E-state index < -0.39 is 41.9 Å². The molecule has 0 N–H and O–H groups in total. The molecule has 0 saturated carbocycles. The van der Waals surface area contributed by atoms with Crippen LogP contribution in [0.5, 0.6) is 0 Å². The van der Waals surface area contributed by atoms with Gasteiger partial charge in [0.1, 0.15) is 0 Å². The minimum absolute atomic E-state index is 0. The summed E-state index contributed by atoms with van der Waals surface area (Å²) in [6.45, 7) is 9.27. The minimum atomic E-state index is -2.57. The van der Waals surface area contributed by atoms with Crippen molar-refractivity contribution < 1.29 is 41.9 Å². The number of unbranched alkanes of at least 4 members (excludes halogenated alkanes) is 4. The molecule has 0 unspecified atom stereocenters. The van der Waals surface area contributed by atoms with Crippen molar-refractivity contribution >= 4 is 31.3 Å². The number of rotatable bonds is 20. The molecule has 4 aliphatic rings. The number of hydrogen-bond acceptors (Lipinski definition) is 0. The van der Waals surface area contributed by atoms with E-state index in [0.29, 0.717) is 0 Å². The topological polar surface area (TPSA) is 0 Å². The van der Waals surface area contributed by atoms with E-state index in [4.69, 9.17) is 0 Å². The molecule has 0 atom stereocenters. The van der Waals surface area contributed by atoms with Crippen LogP contribution in [0.4, 0.5) is 0 Å². The molecular weight excluding hydrogens is 1170 g/mol. The van der Waals surface area contributed by atoms with Crippen LogP contribution in [0, 0.1) is 0 Å². The van der Waals surface area contributed by atoms with Crippen molar-refractivity contribution in [3.63, 3.8) is 0 Å². The van der Waals surface area contributed by atoms with Gasteiger partial charge in [-0.15, -0.1) is 24.8 Å². The summed E-state index contributed by atoms with van der Waals surface area (Å²) < 4.78 is 10.8. The van der Waals surface area contributed by atoms with Gasteiger partial charge in [-0.25, -0.2) is 0 Å². The number of halogens is 2. The standard InChI is InChI=1S/2C13H10.4C9H13.2ClH.2Hf/c2*1-3-7-12(8-4-1)11-13-9-5-2-6-10-13;4*1-2-3-6-9-7-4-5-8-9;;;;/h2*1-10H;4*4,7H,2-3,5-6H2,1H3;2*1H;;. The molecule has 0 bridgehead atoms. The fourth-order valence-electron chi connectivity index (χ4n) is 9.96. The third kappa shape index (κ3) is 14.0. The molecule has 8 rings (SSSR count). The Morgan fingerprint density at radius 1 is 0.333 bits per heavy atom. The maximum Gasteiger partial charge on any atom is -0.147 e. The van der Waals surface area contributed by atoms with Gasteiger partial charge in [0.2, 0.25) is 0 Å². The van der Waals surface area contributed by atoms with E-state index in [2.05, 4.69) is 198 Å². The van der Waals surface area contributed by atoms with Crippen molar-refractivity contribution in [2.75, 3.05) is 0 Å². The average Bonchev–Trinajstić information content (AvgIpc) is 4.20. The van der Waals surface area contributed by atoms with Gasteiger partial charge in [0.15, 0.2) is 0 Å². The van der Waals surface area contributed by atoms with Crippen LogP contribution in [0.2, 0.25) is 0 Å². The summed E-state index contributed by atoms with van der Waals surface area (Å²) in [6.07, 6.45) is 39.7. The molecule has 66 heavy (non-hydrogen) atoms. The van der Waals surface area contributed by atoms with E-state index in [1.54, 1.807) is 28.8 Å². The number of allylic oxidation sites excluding steroid dienone is 16. The van der Waals surface area contributed by atoms with Gasteiger partial charge in [0.05, 0.1) is 0 Å². The summed E-state index contributed by atoms with van der Waals surface area (Å²) in [5.74, 6) is 0. The van der Waals surface area contributed by atoms with Gasteiger partial charge in [-0.05, 0) is 0 Å². The van der Waals surface area contributed by atoms with Crippen LogP contribution < -0.4 is 0 Å². The first-order valence-electron chi connectivity index (χ1n) is 24.9. The largest absolute Gasteiger partial charge is 0.147 e. The molecule has 344 valence electrons. The second-order valence-electron chi connectivity index (χ2n) is 17.8. The van der Waals surface area contributed by atoms with E-state index in [0.717, 1.165) is 0 Å². The first kappa shape index (κ1) is 53.8. The van der Waals surface area contributed by atoms with Crippen LogP contribution in [0.3, 0.4) is 0 Å². The molecule has 0 radical (unpaired) electrons. The first-order chi connectivity index (χ1) is 31.7. The van der Waals surface area contributed by atoms with Gasteiger partial charge in [-0.2, -0.15) is 0 Å². The summed E-state index contributed by atoms with van der Waals surface area (Å²) in [5.41, 5.74) is 12.5. The number of benzene rings is 4. The Kier molecular flexibility index (Phi) is 23.7. The third-order valence-electron chi connectivity index (χ3n) is 13.3. The second kappa shape index (κ2) is 29.0. The maximum absolute atomic E-state index is 2.57. The molecule has 0 nitrogen and oxygen atoms in total. The maximum atomic E-state index is 2.47. The van der Waals surface area contributed by atoms with E-state index in [1.807, 2.05) is 13.3 Å². The van der Waals surface area contributed by atoms with Gasteiger partial charge in [0, 0.05) is 0 Å². The molecule has 4 aliphatic carbocycles. The monoisotopic (exact) mass is 1250 g/mol. The molecule has 0 spiro atoms. The van der Waals surface area contributed by atoms with Crippen molar-refractivity contribution in [1.82, 2.24) is 0 Å². The van der Waals surface area contributed by atoms with Crippen molar-refractivity contribution in [3.05, 3.63) is 228 Å². The zero-order valence-corrected chi connectivity index (χ0v) is 49.1. The minimum Gasteiger partial charge on any atom is -0.147 e. The SMILES string of the molecule is CCCCC1=[C]([Hf]([C]2=C(CCCC)C=CC2)=[C](c2ccccc2)c2ccccc2)CC=C1.CCCCC1=[C]([Hf]([C]2=C(CCCC)C=CC2)=[C](c2ccccc2)c2ccccc2)CC=C1.Cl.Cl. The number of hydrogen-bond donors (Lipinski definition) is 0. The van der Waals surface area contributed by atoms with Crippen LogP contribution in [-0.4, -0.2) is 6.51 Å². The van der Waals surface area contributed by atoms with Gasteiger partial charge < -0.3 is 0 Å². The molecule has 0 aromatic heterocycles. The molecule has 4 aromatic rings. The predicted octanol–water partition coefficient (Wildman–Crippen LogP) is 18.2.